The molecule has 172 valence electrons. The molecule has 35 heavy (non-hydrogen) atoms. The minimum atomic E-state index is -0.426. The second kappa shape index (κ2) is 8.60. The van der Waals surface area contributed by atoms with E-state index in [0.717, 1.165) is 51.8 Å². The maximum atomic E-state index is 13.4. The van der Waals surface area contributed by atoms with Gasteiger partial charge in [-0.1, -0.05) is 48.5 Å². The summed E-state index contributed by atoms with van der Waals surface area (Å²) < 4.78 is 7.27. The fourth-order valence-corrected chi connectivity index (χ4v) is 5.54. The number of pyridine rings is 1. The lowest BCUT2D eigenvalue weighted by atomic mass is 10.0. The standard InChI is InChI=1S/C28H21N3O3S/c1-17-16-35-28-29-20(14-24(32)31(17)28)15-34-27(33)25-21-9-5-6-10-23(21)30-26-19(11-12-22(25)26)13-18-7-3-2-4-8-18/h2-10,13-14,16H,11-12,15H2,1H3/b19-13+. The minimum Gasteiger partial charge on any atom is -0.456 e. The summed E-state index contributed by atoms with van der Waals surface area (Å²) in [4.78, 5) is 35.9. The van der Waals surface area contributed by atoms with Crippen molar-refractivity contribution in [2.75, 3.05) is 0 Å². The van der Waals surface area contributed by atoms with E-state index in [1.165, 1.54) is 17.4 Å². The van der Waals surface area contributed by atoms with Crippen LogP contribution in [0.4, 0.5) is 0 Å². The second-order valence-corrected chi connectivity index (χ2v) is 9.40. The number of carbonyl (C=O) groups excluding carboxylic acids is 1. The molecule has 0 radical (unpaired) electrons. The third kappa shape index (κ3) is 3.84. The average molecular weight is 480 g/mol. The van der Waals surface area contributed by atoms with Gasteiger partial charge in [-0.05, 0) is 48.6 Å². The maximum absolute atomic E-state index is 13.4. The smallest absolute Gasteiger partial charge is 0.339 e. The van der Waals surface area contributed by atoms with Gasteiger partial charge < -0.3 is 4.74 Å². The lowest BCUT2D eigenvalue weighted by Crippen LogP contribution is -2.17. The number of ether oxygens (including phenoxy) is 1. The van der Waals surface area contributed by atoms with Gasteiger partial charge in [-0.3, -0.25) is 9.20 Å². The summed E-state index contributed by atoms with van der Waals surface area (Å²) in [5, 5.41) is 2.65. The highest BCUT2D eigenvalue weighted by Crippen LogP contribution is 2.37. The van der Waals surface area contributed by atoms with E-state index in [1.54, 1.807) is 4.40 Å². The molecule has 0 atom stereocenters. The lowest BCUT2D eigenvalue weighted by Gasteiger charge is -2.12. The fraction of sp³-hybridized carbons (Fsp3) is 0.143. The van der Waals surface area contributed by atoms with Crippen LogP contribution in [0.1, 0.15) is 45.0 Å². The number of aryl methyl sites for hydroxylation is 1. The third-order valence-corrected chi connectivity index (χ3v) is 7.21. The van der Waals surface area contributed by atoms with Crippen LogP contribution in [0.3, 0.4) is 0 Å². The normalized spacial score (nSPS) is 14.0. The molecule has 7 heteroatoms. The molecule has 0 amide bonds. The summed E-state index contributed by atoms with van der Waals surface area (Å²) in [5.41, 5.74) is 6.38. The first-order valence-corrected chi connectivity index (χ1v) is 12.3. The zero-order valence-electron chi connectivity index (χ0n) is 19.0. The molecule has 2 aromatic carbocycles. The summed E-state index contributed by atoms with van der Waals surface area (Å²) in [6, 6.07) is 19.2. The molecule has 1 aliphatic rings. The average Bonchev–Trinajstić information content (AvgIpc) is 3.45. The van der Waals surface area contributed by atoms with Crippen molar-refractivity contribution in [3.05, 3.63) is 110 Å². The number of nitrogens with zero attached hydrogens (tertiary/aromatic N) is 3. The number of hydrogen-bond donors (Lipinski definition) is 0. The summed E-state index contributed by atoms with van der Waals surface area (Å²) in [5.74, 6) is -0.426. The van der Waals surface area contributed by atoms with Crippen LogP contribution >= 0.6 is 11.3 Å². The largest absolute Gasteiger partial charge is 0.456 e. The van der Waals surface area contributed by atoms with Gasteiger partial charge in [0, 0.05) is 22.5 Å². The molecule has 0 saturated heterocycles. The Labute approximate surface area is 205 Å². The molecule has 0 unspecified atom stereocenters. The van der Waals surface area contributed by atoms with Crippen LogP contribution in [0.2, 0.25) is 0 Å². The molecule has 1 aliphatic carbocycles. The first-order chi connectivity index (χ1) is 17.1. The van der Waals surface area contributed by atoms with E-state index in [1.807, 2.05) is 54.8 Å². The van der Waals surface area contributed by atoms with E-state index in [0.29, 0.717) is 16.2 Å². The highest BCUT2D eigenvalue weighted by molar-refractivity contribution is 7.15. The molecular formula is C28H21N3O3S. The Bertz CT molecular complexity index is 1700. The Morgan fingerprint density at radius 3 is 2.74 bits per heavy atom. The van der Waals surface area contributed by atoms with Crippen molar-refractivity contribution in [3.63, 3.8) is 0 Å². The first kappa shape index (κ1) is 21.4. The second-order valence-electron chi connectivity index (χ2n) is 8.57. The highest BCUT2D eigenvalue weighted by atomic mass is 32.1. The third-order valence-electron chi connectivity index (χ3n) is 6.27. The number of benzene rings is 2. The zero-order chi connectivity index (χ0) is 23.9. The van der Waals surface area contributed by atoms with Crippen LogP contribution in [-0.2, 0) is 17.8 Å². The van der Waals surface area contributed by atoms with Crippen molar-refractivity contribution in [3.8, 4) is 0 Å². The van der Waals surface area contributed by atoms with Crippen molar-refractivity contribution in [1.82, 2.24) is 14.4 Å². The number of allylic oxidation sites excluding steroid dienone is 1. The van der Waals surface area contributed by atoms with Crippen molar-refractivity contribution >= 4 is 44.8 Å². The van der Waals surface area contributed by atoms with Gasteiger partial charge in [-0.15, -0.1) is 11.3 Å². The summed E-state index contributed by atoms with van der Waals surface area (Å²) in [7, 11) is 0. The van der Waals surface area contributed by atoms with E-state index in [2.05, 4.69) is 23.2 Å². The first-order valence-electron chi connectivity index (χ1n) is 11.4. The number of carbonyl (C=O) groups is 1. The van der Waals surface area contributed by atoms with Crippen LogP contribution in [0.25, 0.3) is 27.5 Å². The molecule has 0 aliphatic heterocycles. The molecule has 6 rings (SSSR count). The molecule has 0 saturated carbocycles. The van der Waals surface area contributed by atoms with Crippen molar-refractivity contribution in [1.29, 1.82) is 0 Å². The highest BCUT2D eigenvalue weighted by Gasteiger charge is 2.27. The summed E-state index contributed by atoms with van der Waals surface area (Å²) >= 11 is 1.39. The predicted molar refractivity (Wildman–Crippen MR) is 138 cm³/mol. The van der Waals surface area contributed by atoms with Gasteiger partial charge in [-0.2, -0.15) is 0 Å². The SMILES string of the molecule is Cc1csc2nc(COC(=O)c3c4c(nc5ccccc35)/C(=C/c3ccccc3)CC4)cc(=O)n12. The van der Waals surface area contributed by atoms with Gasteiger partial charge >= 0.3 is 5.97 Å². The Morgan fingerprint density at radius 1 is 1.09 bits per heavy atom. The van der Waals surface area contributed by atoms with E-state index < -0.39 is 5.97 Å². The van der Waals surface area contributed by atoms with Crippen molar-refractivity contribution < 1.29 is 9.53 Å². The quantitative estimate of drug-likeness (QED) is 0.320. The maximum Gasteiger partial charge on any atom is 0.339 e. The molecule has 5 aromatic rings. The Morgan fingerprint density at radius 2 is 1.89 bits per heavy atom. The van der Waals surface area contributed by atoms with Gasteiger partial charge in [-0.25, -0.2) is 14.8 Å². The van der Waals surface area contributed by atoms with Crippen LogP contribution < -0.4 is 5.56 Å². The molecule has 0 bridgehead atoms. The molecule has 3 aromatic heterocycles. The number of aromatic nitrogens is 3. The lowest BCUT2D eigenvalue weighted by molar-refractivity contribution is 0.0469. The van der Waals surface area contributed by atoms with Gasteiger partial charge in [0.05, 0.1) is 22.5 Å². The van der Waals surface area contributed by atoms with Gasteiger partial charge in [0.2, 0.25) is 0 Å². The topological polar surface area (TPSA) is 73.6 Å². The number of esters is 1. The van der Waals surface area contributed by atoms with Crippen LogP contribution in [0.5, 0.6) is 0 Å². The number of fused-ring (bicyclic) bond motifs is 3. The molecule has 3 heterocycles. The van der Waals surface area contributed by atoms with Crippen molar-refractivity contribution in [2.24, 2.45) is 0 Å². The Hall–Kier alpha value is -4.10. The zero-order valence-corrected chi connectivity index (χ0v) is 19.8. The van der Waals surface area contributed by atoms with Gasteiger partial charge in [0.25, 0.3) is 5.56 Å². The molecule has 0 spiro atoms. The van der Waals surface area contributed by atoms with Gasteiger partial charge in [0.15, 0.2) is 4.96 Å². The minimum absolute atomic E-state index is 0.0698. The monoisotopic (exact) mass is 479 g/mol. The number of thiazole rings is 1. The summed E-state index contributed by atoms with van der Waals surface area (Å²) in [6.45, 7) is 1.79. The molecular weight excluding hydrogens is 458 g/mol. The van der Waals surface area contributed by atoms with E-state index in [9.17, 15) is 9.59 Å². The number of hydrogen-bond acceptors (Lipinski definition) is 6. The van der Waals surface area contributed by atoms with Crippen LogP contribution in [0, 0.1) is 6.92 Å². The molecule has 0 fully saturated rings. The van der Waals surface area contributed by atoms with E-state index in [4.69, 9.17) is 9.72 Å². The van der Waals surface area contributed by atoms with Gasteiger partial charge in [0.1, 0.15) is 6.61 Å². The molecule has 6 nitrogen and oxygen atoms in total. The number of para-hydroxylation sites is 1. The Kier molecular flexibility index (Phi) is 5.26. The predicted octanol–water partition coefficient (Wildman–Crippen LogP) is 5.46. The van der Waals surface area contributed by atoms with Crippen LogP contribution in [0.15, 0.2) is 70.8 Å². The number of rotatable bonds is 4. The van der Waals surface area contributed by atoms with E-state index in [-0.39, 0.29) is 12.2 Å². The summed E-state index contributed by atoms with van der Waals surface area (Å²) in [6.07, 6.45) is 3.66. The Balaban J connectivity index is 1.37. The van der Waals surface area contributed by atoms with Crippen molar-refractivity contribution in [2.45, 2.75) is 26.4 Å². The fourth-order valence-electron chi connectivity index (χ4n) is 4.65. The van der Waals surface area contributed by atoms with Crippen LogP contribution in [-0.4, -0.2) is 20.3 Å². The van der Waals surface area contributed by atoms with E-state index >= 15 is 0 Å². The molecule has 0 N–H and O–H groups in total.